The van der Waals surface area contributed by atoms with Gasteiger partial charge in [0.2, 0.25) is 0 Å². The second kappa shape index (κ2) is 7.92. The molecule has 0 aliphatic heterocycles. The van der Waals surface area contributed by atoms with Crippen LogP contribution in [0.5, 0.6) is 5.75 Å². The lowest BCUT2D eigenvalue weighted by Crippen LogP contribution is -2.11. The van der Waals surface area contributed by atoms with Gasteiger partial charge >= 0.3 is 5.69 Å². The number of amides is 1. The van der Waals surface area contributed by atoms with E-state index in [1.807, 2.05) is 0 Å². The predicted molar refractivity (Wildman–Crippen MR) is 96.1 cm³/mol. The van der Waals surface area contributed by atoms with Crippen LogP contribution in [0.15, 0.2) is 53.9 Å². The normalized spacial score (nSPS) is 10.4. The van der Waals surface area contributed by atoms with Crippen LogP contribution in [0.2, 0.25) is 0 Å². The van der Waals surface area contributed by atoms with E-state index < -0.39 is 22.5 Å². The molecule has 0 unspecified atom stereocenters. The molecule has 0 aliphatic carbocycles. The number of carbonyl (C=O) groups is 1. The van der Waals surface area contributed by atoms with Crippen LogP contribution in [0, 0.1) is 21.7 Å². The number of anilines is 1. The number of thiophene rings is 1. The van der Waals surface area contributed by atoms with Gasteiger partial charge in [0, 0.05) is 17.7 Å². The Balaban J connectivity index is 1.66. The highest BCUT2D eigenvalue weighted by molar-refractivity contribution is 7.12. The standard InChI is InChI=1S/C18H12F2N2O4S/c19-12-5-6-14(13(20)8-12)21-18(23)17-7-11(10-27-17)9-26-16-4-2-1-3-15(16)22(24)25/h1-8,10H,9H2,(H,21,23). The van der Waals surface area contributed by atoms with Crippen molar-refractivity contribution in [2.24, 2.45) is 0 Å². The summed E-state index contributed by atoms with van der Waals surface area (Å²) in [6, 6.07) is 10.4. The van der Waals surface area contributed by atoms with E-state index in [-0.39, 0.29) is 23.7 Å². The summed E-state index contributed by atoms with van der Waals surface area (Å²) >= 11 is 1.11. The van der Waals surface area contributed by atoms with Gasteiger partial charge in [-0.2, -0.15) is 0 Å². The quantitative estimate of drug-likeness (QED) is 0.486. The van der Waals surface area contributed by atoms with Crippen LogP contribution in [-0.4, -0.2) is 10.8 Å². The number of benzene rings is 2. The van der Waals surface area contributed by atoms with Crippen molar-refractivity contribution in [1.29, 1.82) is 0 Å². The molecular formula is C18H12F2N2O4S. The fraction of sp³-hybridized carbons (Fsp3) is 0.0556. The third-order valence-electron chi connectivity index (χ3n) is 3.51. The highest BCUT2D eigenvalue weighted by Crippen LogP contribution is 2.27. The fourth-order valence-electron chi connectivity index (χ4n) is 2.24. The molecule has 0 aliphatic rings. The van der Waals surface area contributed by atoms with Crippen LogP contribution < -0.4 is 10.1 Å². The number of nitrogens with zero attached hydrogens (tertiary/aromatic N) is 1. The molecule has 3 aromatic rings. The fourth-order valence-corrected chi connectivity index (χ4v) is 3.03. The number of rotatable bonds is 6. The lowest BCUT2D eigenvalue weighted by Gasteiger charge is -2.05. The van der Waals surface area contributed by atoms with Crippen LogP contribution >= 0.6 is 11.3 Å². The number of hydrogen-bond acceptors (Lipinski definition) is 5. The second-order valence-electron chi connectivity index (χ2n) is 5.41. The summed E-state index contributed by atoms with van der Waals surface area (Å²) in [4.78, 5) is 22.9. The maximum atomic E-state index is 13.6. The molecule has 1 heterocycles. The monoisotopic (exact) mass is 390 g/mol. The number of ether oxygens (including phenoxy) is 1. The molecule has 0 radical (unpaired) electrons. The minimum absolute atomic E-state index is 0.0273. The van der Waals surface area contributed by atoms with Gasteiger partial charge in [-0.3, -0.25) is 14.9 Å². The van der Waals surface area contributed by atoms with Crippen molar-refractivity contribution in [3.05, 3.63) is 86.1 Å². The average molecular weight is 390 g/mol. The van der Waals surface area contributed by atoms with Crippen molar-refractivity contribution in [2.75, 3.05) is 5.32 Å². The number of nitro groups is 1. The molecule has 0 atom stereocenters. The maximum absolute atomic E-state index is 13.6. The van der Waals surface area contributed by atoms with E-state index in [9.17, 15) is 23.7 Å². The molecule has 0 fully saturated rings. The molecule has 0 bridgehead atoms. The Kier molecular flexibility index (Phi) is 5.41. The van der Waals surface area contributed by atoms with Crippen LogP contribution in [0.25, 0.3) is 0 Å². The first-order valence-corrected chi connectivity index (χ1v) is 8.52. The van der Waals surface area contributed by atoms with Gasteiger partial charge in [-0.05, 0) is 29.6 Å². The zero-order valence-corrected chi connectivity index (χ0v) is 14.5. The summed E-state index contributed by atoms with van der Waals surface area (Å²) in [5.74, 6) is -2.05. The molecule has 2 aromatic carbocycles. The minimum Gasteiger partial charge on any atom is -0.482 e. The Morgan fingerprint density at radius 3 is 2.70 bits per heavy atom. The van der Waals surface area contributed by atoms with Crippen molar-refractivity contribution in [1.82, 2.24) is 0 Å². The van der Waals surface area contributed by atoms with E-state index in [1.54, 1.807) is 11.4 Å². The van der Waals surface area contributed by atoms with E-state index in [2.05, 4.69) is 5.32 Å². The Labute approximate surface area is 156 Å². The summed E-state index contributed by atoms with van der Waals surface area (Å²) < 4.78 is 32.0. The number of nitrogens with one attached hydrogen (secondary N) is 1. The average Bonchev–Trinajstić information content (AvgIpc) is 3.11. The first kappa shape index (κ1) is 18.5. The first-order chi connectivity index (χ1) is 12.9. The molecule has 1 amide bonds. The summed E-state index contributed by atoms with van der Waals surface area (Å²) in [6.07, 6.45) is 0. The van der Waals surface area contributed by atoms with Gasteiger partial charge in [0.05, 0.1) is 15.5 Å². The molecular weight excluding hydrogens is 378 g/mol. The summed E-state index contributed by atoms with van der Waals surface area (Å²) in [6.45, 7) is 0.0273. The van der Waals surface area contributed by atoms with E-state index in [0.29, 0.717) is 16.5 Å². The van der Waals surface area contributed by atoms with Crippen molar-refractivity contribution in [3.63, 3.8) is 0 Å². The number of para-hydroxylation sites is 2. The van der Waals surface area contributed by atoms with Crippen LogP contribution in [0.4, 0.5) is 20.2 Å². The number of carbonyl (C=O) groups excluding carboxylic acids is 1. The lowest BCUT2D eigenvalue weighted by atomic mass is 10.2. The second-order valence-corrected chi connectivity index (χ2v) is 6.32. The van der Waals surface area contributed by atoms with Crippen LogP contribution in [0.1, 0.15) is 15.2 Å². The maximum Gasteiger partial charge on any atom is 0.310 e. The van der Waals surface area contributed by atoms with Crippen LogP contribution in [-0.2, 0) is 6.61 Å². The molecule has 6 nitrogen and oxygen atoms in total. The highest BCUT2D eigenvalue weighted by Gasteiger charge is 2.15. The van der Waals surface area contributed by atoms with E-state index in [4.69, 9.17) is 4.74 Å². The third kappa shape index (κ3) is 4.45. The van der Waals surface area contributed by atoms with Gasteiger partial charge < -0.3 is 10.1 Å². The Hall–Kier alpha value is -3.33. The molecule has 1 aromatic heterocycles. The Bertz CT molecular complexity index is 1010. The van der Waals surface area contributed by atoms with E-state index in [0.717, 1.165) is 23.5 Å². The first-order valence-electron chi connectivity index (χ1n) is 7.64. The van der Waals surface area contributed by atoms with Gasteiger partial charge in [-0.1, -0.05) is 12.1 Å². The van der Waals surface area contributed by atoms with Crippen molar-refractivity contribution in [2.45, 2.75) is 6.61 Å². The molecule has 1 N–H and O–H groups in total. The van der Waals surface area contributed by atoms with Crippen LogP contribution in [0.3, 0.4) is 0 Å². The Morgan fingerprint density at radius 1 is 1.19 bits per heavy atom. The number of nitro benzene ring substituents is 1. The number of halogens is 2. The predicted octanol–water partition coefficient (Wildman–Crippen LogP) is 4.77. The van der Waals surface area contributed by atoms with Crippen molar-refractivity contribution < 1.29 is 23.2 Å². The summed E-state index contributed by atoms with van der Waals surface area (Å²) in [5.41, 5.74) is 0.341. The summed E-state index contributed by atoms with van der Waals surface area (Å²) in [7, 11) is 0. The van der Waals surface area contributed by atoms with E-state index >= 15 is 0 Å². The Morgan fingerprint density at radius 2 is 1.96 bits per heavy atom. The minimum atomic E-state index is -0.875. The van der Waals surface area contributed by atoms with Gasteiger partial charge in [0.15, 0.2) is 5.75 Å². The molecule has 0 saturated heterocycles. The smallest absolute Gasteiger partial charge is 0.310 e. The van der Waals surface area contributed by atoms with Crippen molar-refractivity contribution >= 4 is 28.6 Å². The largest absolute Gasteiger partial charge is 0.482 e. The van der Waals surface area contributed by atoms with Gasteiger partial charge in [0.25, 0.3) is 5.91 Å². The summed E-state index contributed by atoms with van der Waals surface area (Å²) in [5, 5.41) is 15.0. The molecule has 138 valence electrons. The molecule has 9 heteroatoms. The third-order valence-corrected chi connectivity index (χ3v) is 4.49. The lowest BCUT2D eigenvalue weighted by molar-refractivity contribution is -0.385. The molecule has 27 heavy (non-hydrogen) atoms. The zero-order valence-electron chi connectivity index (χ0n) is 13.6. The molecule has 0 spiro atoms. The molecule has 3 rings (SSSR count). The van der Waals surface area contributed by atoms with Gasteiger partial charge in [0.1, 0.15) is 18.2 Å². The van der Waals surface area contributed by atoms with Gasteiger partial charge in [-0.15, -0.1) is 11.3 Å². The SMILES string of the molecule is O=C(Nc1ccc(F)cc1F)c1cc(COc2ccccc2[N+](=O)[O-])cs1. The number of hydrogen-bond donors (Lipinski definition) is 1. The zero-order chi connectivity index (χ0) is 19.4. The van der Waals surface area contributed by atoms with Gasteiger partial charge in [-0.25, -0.2) is 8.78 Å². The van der Waals surface area contributed by atoms with E-state index in [1.165, 1.54) is 24.3 Å². The molecule has 0 saturated carbocycles. The highest BCUT2D eigenvalue weighted by atomic mass is 32.1. The van der Waals surface area contributed by atoms with Crippen molar-refractivity contribution in [3.8, 4) is 5.75 Å². The topological polar surface area (TPSA) is 81.5 Å².